The second-order valence-corrected chi connectivity index (χ2v) is 41.8. The van der Waals surface area contributed by atoms with Crippen molar-refractivity contribution in [3.8, 4) is 78.1 Å². The Morgan fingerprint density at radius 1 is 0.258 bits per heavy atom. The number of fused-ring (bicyclic) bond motifs is 14. The van der Waals surface area contributed by atoms with Gasteiger partial charge in [-0.2, -0.15) is 0 Å². The largest absolute Gasteiger partial charge is 0.310 e. The zero-order valence-corrected chi connectivity index (χ0v) is 77.7. The summed E-state index contributed by atoms with van der Waals surface area (Å²) < 4.78 is 82.2. The van der Waals surface area contributed by atoms with Crippen molar-refractivity contribution in [1.29, 1.82) is 0 Å². The predicted octanol–water partition coefficient (Wildman–Crippen LogP) is 32.3. The van der Waals surface area contributed by atoms with E-state index in [1.807, 2.05) is 6.07 Å². The maximum atomic E-state index is 10.2. The summed E-state index contributed by atoms with van der Waals surface area (Å²) in [5.74, 6) is 0. The summed E-state index contributed by atoms with van der Waals surface area (Å²) in [6, 6.07) is 124. The van der Waals surface area contributed by atoms with Gasteiger partial charge in [0.15, 0.2) is 0 Å². The van der Waals surface area contributed by atoms with Crippen molar-refractivity contribution < 1.29 is 11.0 Å². The van der Waals surface area contributed by atoms with Crippen molar-refractivity contribution in [3.63, 3.8) is 0 Å². The molecule has 1 atom stereocenters. The average molecular weight is 1710 g/mol. The molecule has 0 radical (unpaired) electrons. The molecule has 3 aliphatic rings. The highest BCUT2D eigenvalue weighted by Crippen LogP contribution is 2.62. The monoisotopic (exact) mass is 1710 g/mol. The molecule has 0 bridgehead atoms. The molecule has 4 heterocycles. The highest BCUT2D eigenvalue weighted by atomic mass is 15.2. The van der Waals surface area contributed by atoms with Crippen LogP contribution in [0.2, 0.25) is 0 Å². The molecule has 5 heteroatoms. The molecule has 1 aliphatic carbocycles. The summed E-state index contributed by atoms with van der Waals surface area (Å²) in [7, 11) is 0. The Morgan fingerprint density at radius 2 is 0.659 bits per heavy atom. The van der Waals surface area contributed by atoms with Crippen molar-refractivity contribution in [2.75, 3.05) is 9.80 Å². The first-order valence-corrected chi connectivity index (χ1v) is 46.6. The van der Waals surface area contributed by atoms with E-state index in [4.69, 9.17) is 0 Å². The topological polar surface area (TPSA) is 16.3 Å². The summed E-state index contributed by atoms with van der Waals surface area (Å²) in [5.41, 5.74) is 32.4. The molecule has 0 saturated heterocycles. The van der Waals surface area contributed by atoms with Gasteiger partial charge in [-0.05, 0) is 240 Å². The standard InChI is InChI=1S/C127H109BN4/c1-122(2,3)86-63-68-112-103(71-86)104-72-87(123(4,5)6)64-69-113(104)130(112)91-78-116-119-117(79-91)132(121-101(82-44-25-18-26-45-82)75-89(125(10,11)12)76-102(121)83-46-27-19-28-47-83)115-77-90(129-110-60-35-32-51-96(110)97-52-33-36-61-111(97)129)65-67-109(115)128(119)108-66-62-84(70-114(108)131(116)120-99(80-40-21-16-22-41-80)73-88(124(7,8)9)74-100(120)81-42-23-17-24-43-81)92-53-37-56-98-95-50-31-34-57-106(95)127(118(92)98,85-48-29-20-30-49-85)107-59-39-54-93-94(107)55-38-58-105(93)126(13,14)15/h16-79H,1-15H3/i32D,33D,35D,36D,51D,52D,60D,61D. The van der Waals surface area contributed by atoms with E-state index in [0.717, 1.165) is 150 Å². The van der Waals surface area contributed by atoms with E-state index in [-0.39, 0.29) is 55.6 Å². The maximum absolute atomic E-state index is 10.2. The van der Waals surface area contributed by atoms with Crippen LogP contribution in [-0.2, 0) is 32.5 Å². The number of anilines is 6. The zero-order valence-electron chi connectivity index (χ0n) is 85.7. The van der Waals surface area contributed by atoms with Crippen molar-refractivity contribution in [2.24, 2.45) is 0 Å². The van der Waals surface area contributed by atoms with Crippen LogP contribution in [0.4, 0.5) is 34.1 Å². The molecule has 0 N–H and O–H groups in total. The number of para-hydroxylation sites is 2. The first-order valence-electron chi connectivity index (χ1n) is 50.6. The van der Waals surface area contributed by atoms with Gasteiger partial charge in [-0.3, -0.25) is 0 Å². The number of hydrogen-bond acceptors (Lipinski definition) is 2. The molecule has 20 aromatic rings. The molecule has 132 heavy (non-hydrogen) atoms. The normalized spacial score (nSPS) is 15.2. The maximum Gasteiger partial charge on any atom is 0.252 e. The fourth-order valence-corrected chi connectivity index (χ4v) is 22.1. The molecule has 18 aromatic carbocycles. The molecule has 4 nitrogen and oxygen atoms in total. The molecule has 0 amide bonds. The predicted molar refractivity (Wildman–Crippen MR) is 565 cm³/mol. The Morgan fingerprint density at radius 3 is 1.15 bits per heavy atom. The van der Waals surface area contributed by atoms with Crippen LogP contribution in [0.3, 0.4) is 0 Å². The summed E-state index contributed by atoms with van der Waals surface area (Å²) in [4.78, 5) is 5.19. The minimum Gasteiger partial charge on any atom is -0.310 e. The van der Waals surface area contributed by atoms with Crippen LogP contribution < -0.4 is 26.2 Å². The Labute approximate surface area is 789 Å². The lowest BCUT2D eigenvalue weighted by molar-refractivity contribution is 0.590. The third-order valence-electron chi connectivity index (χ3n) is 28.5. The fraction of sp³-hybridized carbons (Fsp3) is 0.165. The highest BCUT2D eigenvalue weighted by molar-refractivity contribution is 7.00. The van der Waals surface area contributed by atoms with Gasteiger partial charge in [-0.1, -0.05) is 401 Å². The van der Waals surface area contributed by atoms with E-state index >= 15 is 0 Å². The second kappa shape index (κ2) is 30.3. The highest BCUT2D eigenvalue weighted by Gasteiger charge is 2.51. The number of benzene rings is 18. The first-order chi connectivity index (χ1) is 67.0. The van der Waals surface area contributed by atoms with Crippen molar-refractivity contribution in [3.05, 3.63) is 438 Å². The van der Waals surface area contributed by atoms with Crippen molar-refractivity contribution >= 4 is 112 Å². The smallest absolute Gasteiger partial charge is 0.252 e. The molecular formula is C127H109BN4. The molecule has 2 aromatic heterocycles. The van der Waals surface area contributed by atoms with Crippen LogP contribution in [0.25, 0.3) is 133 Å². The Hall–Kier alpha value is -14.5. The summed E-state index contributed by atoms with van der Waals surface area (Å²) in [6.07, 6.45) is 0. The van der Waals surface area contributed by atoms with Gasteiger partial charge >= 0.3 is 0 Å². The van der Waals surface area contributed by atoms with E-state index < -0.39 is 53.8 Å². The molecule has 1 unspecified atom stereocenters. The lowest BCUT2D eigenvalue weighted by Gasteiger charge is -2.46. The minimum absolute atomic E-state index is 0.00348. The third kappa shape index (κ3) is 12.9. The van der Waals surface area contributed by atoms with Gasteiger partial charge in [0.2, 0.25) is 0 Å². The quantitative estimate of drug-likeness (QED) is 0.120. The molecule has 640 valence electrons. The molecule has 0 saturated carbocycles. The molecule has 23 rings (SSSR count). The van der Waals surface area contributed by atoms with E-state index in [1.165, 1.54) is 55.3 Å². The average Bonchev–Trinajstić information content (AvgIpc) is 1.18. The molecule has 2 aliphatic heterocycles. The van der Waals surface area contributed by atoms with Crippen LogP contribution in [0, 0.1) is 0 Å². The van der Waals surface area contributed by atoms with E-state index in [1.54, 1.807) is 4.57 Å². The van der Waals surface area contributed by atoms with Gasteiger partial charge in [0, 0.05) is 72.2 Å². The van der Waals surface area contributed by atoms with Crippen LogP contribution in [0.5, 0.6) is 0 Å². The Balaban J connectivity index is 0.946. The Bertz CT molecular complexity index is 8330. The molecule has 0 spiro atoms. The minimum atomic E-state index is -0.898. The summed E-state index contributed by atoms with van der Waals surface area (Å²) >= 11 is 0. The van der Waals surface area contributed by atoms with Gasteiger partial charge in [-0.25, -0.2) is 0 Å². The Kier molecular flexibility index (Phi) is 16.8. The number of rotatable bonds is 11. The summed E-state index contributed by atoms with van der Waals surface area (Å²) in [5, 5.41) is 4.64. The van der Waals surface area contributed by atoms with Gasteiger partial charge in [0.25, 0.3) is 6.71 Å². The summed E-state index contributed by atoms with van der Waals surface area (Å²) in [6.45, 7) is 33.9. The van der Waals surface area contributed by atoms with Gasteiger partial charge in [-0.15, -0.1) is 0 Å². The van der Waals surface area contributed by atoms with Crippen LogP contribution in [0.15, 0.2) is 388 Å². The van der Waals surface area contributed by atoms with E-state index in [2.05, 4.69) is 452 Å². The van der Waals surface area contributed by atoms with E-state index in [0.29, 0.717) is 5.69 Å². The number of hydrogen-bond donors (Lipinski definition) is 0. The van der Waals surface area contributed by atoms with Gasteiger partial charge in [0.05, 0.1) is 55.5 Å². The van der Waals surface area contributed by atoms with Crippen molar-refractivity contribution in [2.45, 2.75) is 136 Å². The zero-order chi connectivity index (χ0) is 97.4. The fourth-order valence-electron chi connectivity index (χ4n) is 22.1. The van der Waals surface area contributed by atoms with Crippen LogP contribution in [-0.4, -0.2) is 15.8 Å². The first kappa shape index (κ1) is 73.3. The second-order valence-electron chi connectivity index (χ2n) is 41.8. The SMILES string of the molecule is [2H]c1c([2H])c([2H])c2c(c1[2H])c1c([2H])c([2H])c([2H])c([2H])c1n2-c1ccc2c(c1)N(c1c(-c3ccccc3)cc(C(C)(C)C)cc1-c1ccccc1)c1cc(-n3c4ccc(C(C)(C)C)cc4c4cc(C(C)(C)C)ccc43)cc3c1B2c1ccc(-c2cccc4c2C(c2ccccc2)(c2cccc5c(C(C)(C)C)cccc25)c2ccccc2-4)cc1N3c1c(-c2ccccc2)cc(C(C)(C)C)cc1-c1ccccc1. The third-order valence-corrected chi connectivity index (χ3v) is 28.5. The lowest BCUT2D eigenvalue weighted by Crippen LogP contribution is -2.61. The molecular weight excluding hydrogens is 1590 g/mol. The van der Waals surface area contributed by atoms with Gasteiger partial charge in [0.1, 0.15) is 0 Å². The van der Waals surface area contributed by atoms with Crippen LogP contribution >= 0.6 is 0 Å². The van der Waals surface area contributed by atoms with E-state index in [9.17, 15) is 11.0 Å². The van der Waals surface area contributed by atoms with Crippen molar-refractivity contribution in [1.82, 2.24) is 9.13 Å². The van der Waals surface area contributed by atoms with Gasteiger partial charge < -0.3 is 18.9 Å². The number of nitrogens with zero attached hydrogens (tertiary/aromatic N) is 4. The number of aromatic nitrogens is 2. The lowest BCUT2D eigenvalue weighted by atomic mass is 9.33. The van der Waals surface area contributed by atoms with Crippen LogP contribution in [0.1, 0.15) is 165 Å². The molecule has 0 fully saturated rings.